The predicted octanol–water partition coefficient (Wildman–Crippen LogP) is 5.21. The monoisotopic (exact) mass is 503 g/mol. The Hall–Kier alpha value is -3.40. The number of hydrogen-bond acceptors (Lipinski definition) is 5. The van der Waals surface area contributed by atoms with Crippen molar-refractivity contribution in [2.75, 3.05) is 0 Å². The Balaban J connectivity index is 1.36. The lowest BCUT2D eigenvalue weighted by atomic mass is 9.90. The molecule has 184 valence electrons. The van der Waals surface area contributed by atoms with E-state index in [1.807, 2.05) is 30.3 Å². The van der Waals surface area contributed by atoms with Crippen molar-refractivity contribution in [2.45, 2.75) is 50.6 Å². The molecular formula is C25H24F3N3O3S. The van der Waals surface area contributed by atoms with E-state index in [0.717, 1.165) is 25.0 Å². The minimum absolute atomic E-state index is 0.0713. The summed E-state index contributed by atoms with van der Waals surface area (Å²) in [6, 6.07) is 12.8. The van der Waals surface area contributed by atoms with Crippen molar-refractivity contribution < 1.29 is 27.5 Å². The summed E-state index contributed by atoms with van der Waals surface area (Å²) in [5.41, 5.74) is -0.692. The zero-order valence-electron chi connectivity index (χ0n) is 18.7. The van der Waals surface area contributed by atoms with Crippen molar-refractivity contribution in [1.82, 2.24) is 15.6 Å². The molecule has 1 fully saturated rings. The predicted molar refractivity (Wildman–Crippen MR) is 125 cm³/mol. The molecule has 3 aromatic rings. The minimum Gasteiger partial charge on any atom is -0.486 e. The lowest BCUT2D eigenvalue weighted by Crippen LogP contribution is -2.53. The highest BCUT2D eigenvalue weighted by Gasteiger charge is 2.32. The van der Waals surface area contributed by atoms with E-state index in [4.69, 9.17) is 4.74 Å². The van der Waals surface area contributed by atoms with E-state index in [-0.39, 0.29) is 29.8 Å². The van der Waals surface area contributed by atoms with Crippen molar-refractivity contribution in [3.63, 3.8) is 0 Å². The first-order valence-electron chi connectivity index (χ1n) is 11.2. The molecule has 1 saturated carbocycles. The first kappa shape index (κ1) is 24.7. The smallest absolute Gasteiger partial charge is 0.416 e. The van der Waals surface area contributed by atoms with Gasteiger partial charge in [0.1, 0.15) is 23.1 Å². The fraction of sp³-hybridized carbons (Fsp3) is 0.320. The Morgan fingerprint density at radius 2 is 1.66 bits per heavy atom. The fourth-order valence-corrected chi connectivity index (χ4v) is 4.64. The van der Waals surface area contributed by atoms with Gasteiger partial charge in [-0.2, -0.15) is 13.2 Å². The number of benzene rings is 2. The third-order valence-electron chi connectivity index (χ3n) is 5.74. The maximum atomic E-state index is 13.0. The van der Waals surface area contributed by atoms with Gasteiger partial charge in [-0.3, -0.25) is 9.59 Å². The molecule has 0 spiro atoms. The van der Waals surface area contributed by atoms with E-state index in [2.05, 4.69) is 15.6 Å². The molecule has 0 saturated heterocycles. The lowest BCUT2D eigenvalue weighted by molar-refractivity contribution is -0.137. The van der Waals surface area contributed by atoms with E-state index >= 15 is 0 Å². The summed E-state index contributed by atoms with van der Waals surface area (Å²) in [6.45, 7) is 0.237. The van der Waals surface area contributed by atoms with Crippen molar-refractivity contribution >= 4 is 23.2 Å². The van der Waals surface area contributed by atoms with Gasteiger partial charge in [0.05, 0.1) is 5.56 Å². The molecule has 2 amide bonds. The number of thiazole rings is 1. The summed E-state index contributed by atoms with van der Waals surface area (Å²) >= 11 is 1.31. The van der Waals surface area contributed by atoms with Crippen LogP contribution in [0.15, 0.2) is 60.0 Å². The zero-order chi connectivity index (χ0) is 24.8. The summed E-state index contributed by atoms with van der Waals surface area (Å²) in [5.74, 6) is -0.260. The molecule has 0 unspecified atom stereocenters. The van der Waals surface area contributed by atoms with E-state index in [1.165, 1.54) is 23.5 Å². The minimum atomic E-state index is -4.53. The second kappa shape index (κ2) is 10.9. The number of rotatable bonds is 7. The van der Waals surface area contributed by atoms with Crippen LogP contribution in [0.25, 0.3) is 0 Å². The number of halogens is 3. The molecule has 1 aliphatic carbocycles. The van der Waals surface area contributed by atoms with E-state index in [9.17, 15) is 22.8 Å². The van der Waals surface area contributed by atoms with Gasteiger partial charge in [0.2, 0.25) is 0 Å². The number of amides is 2. The van der Waals surface area contributed by atoms with Crippen LogP contribution in [0.1, 0.15) is 57.1 Å². The van der Waals surface area contributed by atoms with Gasteiger partial charge in [-0.1, -0.05) is 37.1 Å². The van der Waals surface area contributed by atoms with Crippen molar-refractivity contribution in [2.24, 2.45) is 0 Å². The highest BCUT2D eigenvalue weighted by Crippen LogP contribution is 2.29. The fourth-order valence-electron chi connectivity index (χ4n) is 3.95. The van der Waals surface area contributed by atoms with Gasteiger partial charge in [0.15, 0.2) is 0 Å². The highest BCUT2D eigenvalue weighted by atomic mass is 32.1. The third kappa shape index (κ3) is 6.60. The Morgan fingerprint density at radius 1 is 0.971 bits per heavy atom. The van der Waals surface area contributed by atoms with Gasteiger partial charge in [0.25, 0.3) is 11.8 Å². The van der Waals surface area contributed by atoms with Gasteiger partial charge >= 0.3 is 6.18 Å². The van der Waals surface area contributed by atoms with Gasteiger partial charge in [-0.25, -0.2) is 4.98 Å². The average molecular weight is 504 g/mol. The average Bonchev–Trinajstić information content (AvgIpc) is 3.33. The Morgan fingerprint density at radius 3 is 2.34 bits per heavy atom. The molecule has 1 aromatic heterocycles. The Labute approximate surface area is 204 Å². The standard InChI is InChI=1S/C25H24F3N3O3S/c26-25(27,28)17-8-6-7-16(13-17)23(32)30-19-11-4-5-12-20(19)31-24(33)21-15-35-22(29-21)14-34-18-9-2-1-3-10-18/h1-3,6-10,13,15,19-20H,4-5,11-12,14H2,(H,30,32)(H,31,33)/t19-,20+/m0/s1. The maximum Gasteiger partial charge on any atom is 0.416 e. The second-order valence-corrected chi connectivity index (χ2v) is 9.19. The van der Waals surface area contributed by atoms with Gasteiger partial charge in [0, 0.05) is 23.0 Å². The number of carbonyl (C=O) groups is 2. The van der Waals surface area contributed by atoms with E-state index in [0.29, 0.717) is 23.6 Å². The number of carbonyl (C=O) groups excluding carboxylic acids is 2. The molecule has 2 aromatic carbocycles. The quantitative estimate of drug-likeness (QED) is 0.464. The van der Waals surface area contributed by atoms with Crippen LogP contribution in [-0.2, 0) is 12.8 Å². The largest absolute Gasteiger partial charge is 0.486 e. The molecule has 0 aliphatic heterocycles. The molecular weight excluding hydrogens is 479 g/mol. The van der Waals surface area contributed by atoms with Gasteiger partial charge in [-0.05, 0) is 43.2 Å². The van der Waals surface area contributed by atoms with Crippen LogP contribution in [0.2, 0.25) is 0 Å². The molecule has 1 aliphatic rings. The SMILES string of the molecule is O=C(N[C@H]1CCCC[C@H]1NC(=O)c1csc(COc2ccccc2)n1)c1cccc(C(F)(F)F)c1. The van der Waals surface area contributed by atoms with Crippen LogP contribution in [0, 0.1) is 0 Å². The van der Waals surface area contributed by atoms with Crippen LogP contribution < -0.4 is 15.4 Å². The first-order valence-corrected chi connectivity index (χ1v) is 12.1. The van der Waals surface area contributed by atoms with Crippen molar-refractivity contribution in [1.29, 1.82) is 0 Å². The van der Waals surface area contributed by atoms with Crippen LogP contribution in [-0.4, -0.2) is 28.9 Å². The number of aromatic nitrogens is 1. The lowest BCUT2D eigenvalue weighted by Gasteiger charge is -2.32. The number of nitrogens with zero attached hydrogens (tertiary/aromatic N) is 1. The van der Waals surface area contributed by atoms with Crippen molar-refractivity contribution in [3.8, 4) is 5.75 Å². The van der Waals surface area contributed by atoms with Crippen LogP contribution in [0.5, 0.6) is 5.75 Å². The number of hydrogen-bond donors (Lipinski definition) is 2. The van der Waals surface area contributed by atoms with Crippen LogP contribution >= 0.6 is 11.3 Å². The van der Waals surface area contributed by atoms with Crippen LogP contribution in [0.3, 0.4) is 0 Å². The molecule has 2 atom stereocenters. The summed E-state index contributed by atoms with van der Waals surface area (Å²) in [7, 11) is 0. The molecule has 0 bridgehead atoms. The number of nitrogens with one attached hydrogen (secondary N) is 2. The van der Waals surface area contributed by atoms with Gasteiger partial charge in [-0.15, -0.1) is 11.3 Å². The van der Waals surface area contributed by atoms with Gasteiger partial charge < -0.3 is 15.4 Å². The molecule has 2 N–H and O–H groups in total. The molecule has 6 nitrogen and oxygen atoms in total. The summed E-state index contributed by atoms with van der Waals surface area (Å²) in [6.07, 6.45) is -1.56. The number of alkyl halides is 3. The summed E-state index contributed by atoms with van der Waals surface area (Å²) < 4.78 is 44.7. The Kier molecular flexibility index (Phi) is 7.70. The second-order valence-electron chi connectivity index (χ2n) is 8.25. The maximum absolute atomic E-state index is 13.0. The topological polar surface area (TPSA) is 80.3 Å². The summed E-state index contributed by atoms with van der Waals surface area (Å²) in [4.78, 5) is 29.8. The molecule has 1 heterocycles. The van der Waals surface area contributed by atoms with E-state index < -0.39 is 23.7 Å². The first-order chi connectivity index (χ1) is 16.8. The molecule has 10 heteroatoms. The van der Waals surface area contributed by atoms with Crippen molar-refractivity contribution in [3.05, 3.63) is 81.8 Å². The normalized spacial score (nSPS) is 18.0. The molecule has 0 radical (unpaired) electrons. The molecule has 35 heavy (non-hydrogen) atoms. The molecule has 4 rings (SSSR count). The zero-order valence-corrected chi connectivity index (χ0v) is 19.5. The number of para-hydroxylation sites is 1. The van der Waals surface area contributed by atoms with E-state index in [1.54, 1.807) is 5.38 Å². The highest BCUT2D eigenvalue weighted by molar-refractivity contribution is 7.09. The Bertz CT molecular complexity index is 1170. The number of ether oxygens (including phenoxy) is 1. The third-order valence-corrected chi connectivity index (χ3v) is 6.56. The van der Waals surface area contributed by atoms with Crippen LogP contribution in [0.4, 0.5) is 13.2 Å². The summed E-state index contributed by atoms with van der Waals surface area (Å²) in [5, 5.41) is 8.04.